The van der Waals surface area contributed by atoms with Gasteiger partial charge in [0.05, 0.1) is 12.2 Å². The average molecular weight is 249 g/mol. The number of nitrogens with one attached hydrogen (secondary N) is 1. The highest BCUT2D eigenvalue weighted by Gasteiger charge is 2.31. The normalized spacial score (nSPS) is 23.6. The SMILES string of the molecule is O=C(O)C1CNC(c2cc(F)cc3ccoc23)C1. The van der Waals surface area contributed by atoms with E-state index in [0.29, 0.717) is 29.5 Å². The van der Waals surface area contributed by atoms with Crippen molar-refractivity contribution in [3.8, 4) is 0 Å². The number of halogens is 1. The van der Waals surface area contributed by atoms with Crippen LogP contribution in [0.15, 0.2) is 28.9 Å². The molecule has 0 saturated carbocycles. The molecule has 2 heterocycles. The summed E-state index contributed by atoms with van der Waals surface area (Å²) < 4.78 is 18.9. The lowest BCUT2D eigenvalue weighted by atomic mass is 9.99. The topological polar surface area (TPSA) is 62.5 Å². The number of carbonyl (C=O) groups is 1. The summed E-state index contributed by atoms with van der Waals surface area (Å²) in [6, 6.07) is 4.35. The Morgan fingerprint density at radius 1 is 1.50 bits per heavy atom. The maximum Gasteiger partial charge on any atom is 0.307 e. The largest absolute Gasteiger partial charge is 0.481 e. The van der Waals surface area contributed by atoms with E-state index >= 15 is 0 Å². The molecule has 94 valence electrons. The third kappa shape index (κ3) is 1.76. The van der Waals surface area contributed by atoms with Crippen LogP contribution in [0, 0.1) is 11.7 Å². The van der Waals surface area contributed by atoms with Crippen molar-refractivity contribution in [1.29, 1.82) is 0 Å². The van der Waals surface area contributed by atoms with Gasteiger partial charge in [0, 0.05) is 23.5 Å². The summed E-state index contributed by atoms with van der Waals surface area (Å²) in [6.45, 7) is 0.402. The number of benzene rings is 1. The van der Waals surface area contributed by atoms with Crippen LogP contribution in [0.25, 0.3) is 11.0 Å². The van der Waals surface area contributed by atoms with Crippen molar-refractivity contribution in [3.63, 3.8) is 0 Å². The fourth-order valence-corrected chi connectivity index (χ4v) is 2.49. The number of carboxylic acid groups (broad SMARTS) is 1. The molecular weight excluding hydrogens is 237 g/mol. The van der Waals surface area contributed by atoms with Gasteiger partial charge >= 0.3 is 5.97 Å². The van der Waals surface area contributed by atoms with Gasteiger partial charge in [-0.25, -0.2) is 4.39 Å². The third-order valence-electron chi connectivity index (χ3n) is 3.40. The number of hydrogen-bond acceptors (Lipinski definition) is 3. The van der Waals surface area contributed by atoms with Crippen molar-refractivity contribution in [2.75, 3.05) is 6.54 Å². The third-order valence-corrected chi connectivity index (χ3v) is 3.40. The van der Waals surface area contributed by atoms with Crippen LogP contribution < -0.4 is 5.32 Å². The van der Waals surface area contributed by atoms with Gasteiger partial charge in [-0.15, -0.1) is 0 Å². The molecule has 3 rings (SSSR count). The van der Waals surface area contributed by atoms with E-state index in [-0.39, 0.29) is 11.9 Å². The Kier molecular flexibility index (Phi) is 2.56. The number of carboxylic acids is 1. The van der Waals surface area contributed by atoms with Gasteiger partial charge < -0.3 is 14.8 Å². The fourth-order valence-electron chi connectivity index (χ4n) is 2.49. The second kappa shape index (κ2) is 4.10. The highest BCUT2D eigenvalue weighted by Crippen LogP contribution is 2.33. The van der Waals surface area contributed by atoms with Gasteiger partial charge in [-0.1, -0.05) is 0 Å². The standard InChI is InChI=1S/C13H12FNO3/c14-9-3-7-1-2-18-12(7)10(5-9)11-4-8(6-15-11)13(16)17/h1-3,5,8,11,15H,4,6H2,(H,16,17). The molecule has 0 spiro atoms. The molecule has 1 aliphatic rings. The second-order valence-corrected chi connectivity index (χ2v) is 4.57. The molecule has 5 heteroatoms. The monoisotopic (exact) mass is 249 g/mol. The van der Waals surface area contributed by atoms with E-state index in [9.17, 15) is 9.18 Å². The lowest BCUT2D eigenvalue weighted by Gasteiger charge is -2.11. The molecule has 1 aromatic heterocycles. The summed E-state index contributed by atoms with van der Waals surface area (Å²) in [6.07, 6.45) is 1.96. The molecule has 2 unspecified atom stereocenters. The zero-order valence-electron chi connectivity index (χ0n) is 9.52. The highest BCUT2D eigenvalue weighted by atomic mass is 19.1. The zero-order chi connectivity index (χ0) is 12.7. The average Bonchev–Trinajstić information content (AvgIpc) is 2.95. The summed E-state index contributed by atoms with van der Waals surface area (Å²) >= 11 is 0. The van der Waals surface area contributed by atoms with E-state index in [4.69, 9.17) is 9.52 Å². The van der Waals surface area contributed by atoms with Crippen molar-refractivity contribution in [2.24, 2.45) is 5.92 Å². The molecule has 18 heavy (non-hydrogen) atoms. The first-order valence-corrected chi connectivity index (χ1v) is 5.78. The predicted molar refractivity (Wildman–Crippen MR) is 62.7 cm³/mol. The molecule has 1 saturated heterocycles. The van der Waals surface area contributed by atoms with Gasteiger partial charge in [-0.05, 0) is 24.6 Å². The van der Waals surface area contributed by atoms with Crippen LogP contribution in [-0.4, -0.2) is 17.6 Å². The number of hydrogen-bond donors (Lipinski definition) is 2. The van der Waals surface area contributed by atoms with E-state index in [1.54, 1.807) is 6.07 Å². The summed E-state index contributed by atoms with van der Waals surface area (Å²) in [5.41, 5.74) is 1.32. The minimum absolute atomic E-state index is 0.171. The lowest BCUT2D eigenvalue weighted by Crippen LogP contribution is -2.17. The first-order valence-electron chi connectivity index (χ1n) is 5.78. The molecule has 2 aromatic rings. The Morgan fingerprint density at radius 2 is 2.33 bits per heavy atom. The van der Waals surface area contributed by atoms with Gasteiger partial charge in [0.15, 0.2) is 0 Å². The Bertz CT molecular complexity index is 607. The zero-order valence-corrected chi connectivity index (χ0v) is 9.52. The van der Waals surface area contributed by atoms with Crippen LogP contribution in [-0.2, 0) is 4.79 Å². The van der Waals surface area contributed by atoms with Gasteiger partial charge in [0.1, 0.15) is 11.4 Å². The molecule has 1 aliphatic heterocycles. The Morgan fingerprint density at radius 3 is 3.06 bits per heavy atom. The second-order valence-electron chi connectivity index (χ2n) is 4.57. The van der Waals surface area contributed by atoms with Crippen molar-refractivity contribution < 1.29 is 18.7 Å². The first kappa shape index (κ1) is 11.2. The Hall–Kier alpha value is -1.88. The predicted octanol–water partition coefficient (Wildman–Crippen LogP) is 2.31. The molecule has 2 N–H and O–H groups in total. The summed E-state index contributed by atoms with van der Waals surface area (Å²) in [4.78, 5) is 10.9. The summed E-state index contributed by atoms with van der Waals surface area (Å²) in [5.74, 6) is -1.58. The molecule has 4 nitrogen and oxygen atoms in total. The van der Waals surface area contributed by atoms with Crippen LogP contribution >= 0.6 is 0 Å². The van der Waals surface area contributed by atoms with Crippen LogP contribution in [0.2, 0.25) is 0 Å². The minimum atomic E-state index is -0.822. The summed E-state index contributed by atoms with van der Waals surface area (Å²) in [5, 5.41) is 12.8. The Labute approximate surface area is 102 Å². The first-order chi connectivity index (χ1) is 8.65. The number of fused-ring (bicyclic) bond motifs is 1. The molecule has 2 atom stereocenters. The number of rotatable bonds is 2. The van der Waals surface area contributed by atoms with Crippen LogP contribution in [0.5, 0.6) is 0 Å². The molecule has 0 radical (unpaired) electrons. The van der Waals surface area contributed by atoms with Crippen molar-refractivity contribution in [1.82, 2.24) is 5.32 Å². The van der Waals surface area contributed by atoms with E-state index in [1.807, 2.05) is 0 Å². The molecule has 1 aromatic carbocycles. The number of furan rings is 1. The van der Waals surface area contributed by atoms with Crippen LogP contribution in [0.1, 0.15) is 18.0 Å². The quantitative estimate of drug-likeness (QED) is 0.857. The fraction of sp³-hybridized carbons (Fsp3) is 0.308. The van der Waals surface area contributed by atoms with Gasteiger partial charge in [-0.3, -0.25) is 4.79 Å². The van der Waals surface area contributed by atoms with E-state index in [0.717, 1.165) is 0 Å². The van der Waals surface area contributed by atoms with Gasteiger partial charge in [0.25, 0.3) is 0 Å². The van der Waals surface area contributed by atoms with Crippen LogP contribution in [0.3, 0.4) is 0 Å². The maximum atomic E-state index is 13.5. The molecule has 0 aliphatic carbocycles. The van der Waals surface area contributed by atoms with Crippen LogP contribution in [0.4, 0.5) is 4.39 Å². The molecule has 1 fully saturated rings. The van der Waals surface area contributed by atoms with Crippen molar-refractivity contribution in [2.45, 2.75) is 12.5 Å². The summed E-state index contributed by atoms with van der Waals surface area (Å²) in [7, 11) is 0. The van der Waals surface area contributed by atoms with E-state index < -0.39 is 11.9 Å². The van der Waals surface area contributed by atoms with Crippen molar-refractivity contribution >= 4 is 16.9 Å². The minimum Gasteiger partial charge on any atom is -0.481 e. The highest BCUT2D eigenvalue weighted by molar-refractivity contribution is 5.81. The smallest absolute Gasteiger partial charge is 0.307 e. The molecule has 0 bridgehead atoms. The van der Waals surface area contributed by atoms with Gasteiger partial charge in [-0.2, -0.15) is 0 Å². The van der Waals surface area contributed by atoms with E-state index in [2.05, 4.69) is 5.32 Å². The van der Waals surface area contributed by atoms with E-state index in [1.165, 1.54) is 18.4 Å². The number of aliphatic carboxylic acids is 1. The van der Waals surface area contributed by atoms with Gasteiger partial charge in [0.2, 0.25) is 0 Å². The molecular formula is C13H12FNO3. The van der Waals surface area contributed by atoms with Crippen molar-refractivity contribution in [3.05, 3.63) is 35.8 Å². The Balaban J connectivity index is 1.99. The molecule has 0 amide bonds. The lowest BCUT2D eigenvalue weighted by molar-refractivity contribution is -0.141. The maximum absolute atomic E-state index is 13.5.